The highest BCUT2D eigenvalue weighted by Crippen LogP contribution is 2.26. The topological polar surface area (TPSA) is 81.4 Å². The number of anilines is 1. The Morgan fingerprint density at radius 3 is 2.65 bits per heavy atom. The zero-order valence-corrected chi connectivity index (χ0v) is 14.4. The molecule has 2 atom stereocenters. The Bertz CT molecular complexity index is 563. The lowest BCUT2D eigenvalue weighted by Gasteiger charge is -2.28. The molecule has 0 bridgehead atoms. The number of halogens is 1. The van der Waals surface area contributed by atoms with E-state index in [2.05, 4.69) is 5.32 Å². The number of hydrogen-bond donors (Lipinski definition) is 2. The first-order chi connectivity index (χ1) is 10.5. The van der Waals surface area contributed by atoms with Crippen LogP contribution in [0, 0.1) is 12.8 Å². The number of nitrogens with two attached hydrogens (primary N) is 1. The zero-order chi connectivity index (χ0) is 16.1. The summed E-state index contributed by atoms with van der Waals surface area (Å²) < 4.78 is 4.70. The molecular formula is C17H25ClN2O3. The van der Waals surface area contributed by atoms with Crippen molar-refractivity contribution in [1.29, 1.82) is 0 Å². The largest absolute Gasteiger partial charge is 0.465 e. The van der Waals surface area contributed by atoms with Gasteiger partial charge < -0.3 is 15.8 Å². The first kappa shape index (κ1) is 19.5. The van der Waals surface area contributed by atoms with Crippen LogP contribution < -0.4 is 11.1 Å². The molecule has 1 fully saturated rings. The van der Waals surface area contributed by atoms with Crippen LogP contribution in [0.4, 0.5) is 5.69 Å². The molecule has 23 heavy (non-hydrogen) atoms. The fourth-order valence-electron chi connectivity index (χ4n) is 2.93. The van der Waals surface area contributed by atoms with Gasteiger partial charge in [-0.05, 0) is 43.4 Å². The molecule has 2 rings (SSSR count). The van der Waals surface area contributed by atoms with Gasteiger partial charge in [-0.25, -0.2) is 4.79 Å². The molecular weight excluding hydrogens is 316 g/mol. The first-order valence-electron chi connectivity index (χ1n) is 7.75. The van der Waals surface area contributed by atoms with Crippen molar-refractivity contribution in [3.63, 3.8) is 0 Å². The summed E-state index contributed by atoms with van der Waals surface area (Å²) >= 11 is 0. The maximum absolute atomic E-state index is 12.2. The number of benzene rings is 1. The SMILES string of the molecule is COC(=O)c1ccc(C)c(NC(=O)CC2CCCCC2N)c1.Cl. The van der Waals surface area contributed by atoms with Gasteiger partial charge in [0.25, 0.3) is 0 Å². The van der Waals surface area contributed by atoms with E-state index in [9.17, 15) is 9.59 Å². The highest BCUT2D eigenvalue weighted by molar-refractivity contribution is 5.95. The van der Waals surface area contributed by atoms with Crippen molar-refractivity contribution in [1.82, 2.24) is 0 Å². The van der Waals surface area contributed by atoms with Crippen molar-refractivity contribution >= 4 is 30.0 Å². The van der Waals surface area contributed by atoms with Crippen LogP contribution in [0.15, 0.2) is 18.2 Å². The molecule has 0 heterocycles. The predicted molar refractivity (Wildman–Crippen MR) is 92.9 cm³/mol. The number of nitrogens with one attached hydrogen (secondary N) is 1. The van der Waals surface area contributed by atoms with Crippen molar-refractivity contribution in [2.75, 3.05) is 12.4 Å². The number of esters is 1. The predicted octanol–water partition coefficient (Wildman–Crippen LogP) is 3.05. The Balaban J connectivity index is 0.00000264. The smallest absolute Gasteiger partial charge is 0.337 e. The van der Waals surface area contributed by atoms with Crippen LogP contribution in [0.25, 0.3) is 0 Å². The lowest BCUT2D eigenvalue weighted by atomic mass is 9.83. The summed E-state index contributed by atoms with van der Waals surface area (Å²) in [7, 11) is 1.34. The normalized spacial score (nSPS) is 20.3. The average Bonchev–Trinajstić information content (AvgIpc) is 2.51. The van der Waals surface area contributed by atoms with Crippen LogP contribution >= 0.6 is 12.4 Å². The minimum atomic E-state index is -0.412. The van der Waals surface area contributed by atoms with E-state index in [1.807, 2.05) is 6.92 Å². The Hall–Kier alpha value is -1.59. The van der Waals surface area contributed by atoms with E-state index in [1.165, 1.54) is 7.11 Å². The summed E-state index contributed by atoms with van der Waals surface area (Å²) in [5, 5.41) is 2.90. The number of carbonyl (C=O) groups excluding carboxylic acids is 2. The number of methoxy groups -OCH3 is 1. The second kappa shape index (κ2) is 8.89. The van der Waals surface area contributed by atoms with Gasteiger partial charge in [0, 0.05) is 18.2 Å². The lowest BCUT2D eigenvalue weighted by molar-refractivity contribution is -0.117. The summed E-state index contributed by atoms with van der Waals surface area (Å²) in [5.74, 6) is -0.213. The molecule has 2 unspecified atom stereocenters. The number of amides is 1. The van der Waals surface area contributed by atoms with Gasteiger partial charge in [-0.3, -0.25) is 4.79 Å². The summed E-state index contributed by atoms with van der Waals surface area (Å²) in [5.41, 5.74) is 8.08. The fourth-order valence-corrected chi connectivity index (χ4v) is 2.93. The van der Waals surface area contributed by atoms with Crippen LogP contribution in [-0.2, 0) is 9.53 Å². The van der Waals surface area contributed by atoms with Crippen molar-refractivity contribution < 1.29 is 14.3 Å². The van der Waals surface area contributed by atoms with Crippen molar-refractivity contribution in [3.8, 4) is 0 Å². The van der Waals surface area contributed by atoms with E-state index >= 15 is 0 Å². The number of aryl methyl sites for hydroxylation is 1. The number of carbonyl (C=O) groups is 2. The second-order valence-corrected chi connectivity index (χ2v) is 5.98. The van der Waals surface area contributed by atoms with Crippen LogP contribution in [0.5, 0.6) is 0 Å². The number of rotatable bonds is 4. The summed E-state index contributed by atoms with van der Waals surface area (Å²) in [6.07, 6.45) is 4.73. The van der Waals surface area contributed by atoms with Crippen LogP contribution in [0.3, 0.4) is 0 Å². The Labute approximate surface area is 143 Å². The molecule has 0 aliphatic heterocycles. The van der Waals surface area contributed by atoms with Gasteiger partial charge >= 0.3 is 5.97 Å². The first-order valence-corrected chi connectivity index (χ1v) is 7.75. The third kappa shape index (κ3) is 5.22. The van der Waals surface area contributed by atoms with Crippen LogP contribution in [0.1, 0.15) is 48.0 Å². The Morgan fingerprint density at radius 2 is 2.00 bits per heavy atom. The summed E-state index contributed by atoms with van der Waals surface area (Å²) in [6, 6.07) is 5.25. The van der Waals surface area contributed by atoms with Gasteiger partial charge in [0.05, 0.1) is 12.7 Å². The van der Waals surface area contributed by atoms with Crippen LogP contribution in [-0.4, -0.2) is 25.0 Å². The molecule has 128 valence electrons. The van der Waals surface area contributed by atoms with Crippen molar-refractivity contribution in [2.45, 2.75) is 45.1 Å². The maximum atomic E-state index is 12.2. The lowest BCUT2D eigenvalue weighted by Crippen LogP contribution is -2.35. The molecule has 1 aliphatic carbocycles. The van der Waals surface area contributed by atoms with Crippen molar-refractivity contribution in [3.05, 3.63) is 29.3 Å². The van der Waals surface area contributed by atoms with Gasteiger partial charge in [0.2, 0.25) is 5.91 Å². The fraction of sp³-hybridized carbons (Fsp3) is 0.529. The van der Waals surface area contributed by atoms with Gasteiger partial charge in [0.15, 0.2) is 0 Å². The van der Waals surface area contributed by atoms with Gasteiger partial charge in [-0.15, -0.1) is 12.4 Å². The minimum absolute atomic E-state index is 0. The van der Waals surface area contributed by atoms with E-state index in [-0.39, 0.29) is 30.3 Å². The standard InChI is InChI=1S/C17H24N2O3.ClH/c1-11-7-8-13(17(21)22-2)9-15(11)19-16(20)10-12-5-3-4-6-14(12)18;/h7-9,12,14H,3-6,10,18H2,1-2H3,(H,19,20);1H. The molecule has 1 aromatic rings. The van der Waals surface area contributed by atoms with E-state index in [4.69, 9.17) is 10.5 Å². The molecule has 0 spiro atoms. The van der Waals surface area contributed by atoms with Crippen molar-refractivity contribution in [2.24, 2.45) is 11.7 Å². The highest BCUT2D eigenvalue weighted by Gasteiger charge is 2.24. The number of ether oxygens (including phenoxy) is 1. The molecule has 1 amide bonds. The summed E-state index contributed by atoms with van der Waals surface area (Å²) in [4.78, 5) is 23.8. The maximum Gasteiger partial charge on any atom is 0.337 e. The van der Waals surface area contributed by atoms with Crippen LogP contribution in [0.2, 0.25) is 0 Å². The Morgan fingerprint density at radius 1 is 1.30 bits per heavy atom. The molecule has 0 radical (unpaired) electrons. The Kier molecular flexibility index (Phi) is 7.52. The highest BCUT2D eigenvalue weighted by atomic mass is 35.5. The molecule has 0 aromatic heterocycles. The molecule has 1 aliphatic rings. The van der Waals surface area contributed by atoms with Gasteiger partial charge in [-0.2, -0.15) is 0 Å². The molecule has 1 saturated carbocycles. The van der Waals surface area contributed by atoms with E-state index in [0.29, 0.717) is 17.7 Å². The zero-order valence-electron chi connectivity index (χ0n) is 13.6. The quantitative estimate of drug-likeness (QED) is 0.825. The molecule has 3 N–H and O–H groups in total. The van der Waals surface area contributed by atoms with Gasteiger partial charge in [0.1, 0.15) is 0 Å². The third-order valence-corrected chi connectivity index (χ3v) is 4.35. The van der Waals surface area contributed by atoms with Gasteiger partial charge in [-0.1, -0.05) is 18.9 Å². The molecule has 1 aromatic carbocycles. The summed E-state index contributed by atoms with van der Waals surface area (Å²) in [6.45, 7) is 1.89. The molecule has 6 heteroatoms. The molecule has 0 saturated heterocycles. The minimum Gasteiger partial charge on any atom is -0.465 e. The van der Waals surface area contributed by atoms with E-state index in [0.717, 1.165) is 31.2 Å². The molecule has 5 nitrogen and oxygen atoms in total. The third-order valence-electron chi connectivity index (χ3n) is 4.35. The average molecular weight is 341 g/mol. The second-order valence-electron chi connectivity index (χ2n) is 5.98. The van der Waals surface area contributed by atoms with E-state index < -0.39 is 5.97 Å². The monoisotopic (exact) mass is 340 g/mol. The number of hydrogen-bond acceptors (Lipinski definition) is 4. The van der Waals surface area contributed by atoms with E-state index in [1.54, 1.807) is 18.2 Å².